The van der Waals surface area contributed by atoms with Crippen LogP contribution in [0.1, 0.15) is 11.1 Å². The van der Waals surface area contributed by atoms with Gasteiger partial charge in [-0.1, -0.05) is 41.5 Å². The number of benzene rings is 2. The highest BCUT2D eigenvalue weighted by Crippen LogP contribution is 2.34. The summed E-state index contributed by atoms with van der Waals surface area (Å²) in [5, 5.41) is 0.793. The minimum atomic E-state index is 0.446. The summed E-state index contributed by atoms with van der Waals surface area (Å²) in [6, 6.07) is 16.9. The Kier molecular flexibility index (Phi) is 4.43. The molecular formula is C23H23N5. The summed E-state index contributed by atoms with van der Waals surface area (Å²) in [6.45, 7) is 4.20. The van der Waals surface area contributed by atoms with E-state index >= 15 is 0 Å². The minimum Gasteiger partial charge on any atom is -0.383 e. The normalized spacial score (nSPS) is 11.0. The van der Waals surface area contributed by atoms with Crippen LogP contribution < -0.4 is 10.6 Å². The second kappa shape index (κ2) is 6.93. The number of nitrogen functional groups attached to an aromatic ring is 1. The van der Waals surface area contributed by atoms with E-state index in [2.05, 4.69) is 77.2 Å². The lowest BCUT2D eigenvalue weighted by Crippen LogP contribution is -2.08. The molecule has 0 aliphatic carbocycles. The van der Waals surface area contributed by atoms with E-state index in [4.69, 9.17) is 10.7 Å². The number of rotatable bonds is 3. The van der Waals surface area contributed by atoms with Gasteiger partial charge in [0.25, 0.3) is 0 Å². The van der Waals surface area contributed by atoms with Crippen molar-refractivity contribution in [3.63, 3.8) is 0 Å². The van der Waals surface area contributed by atoms with Crippen molar-refractivity contribution in [3.05, 3.63) is 66.0 Å². The molecule has 0 spiro atoms. The van der Waals surface area contributed by atoms with Crippen molar-refractivity contribution in [1.82, 2.24) is 15.0 Å². The lowest BCUT2D eigenvalue weighted by atomic mass is 9.97. The number of anilines is 2. The van der Waals surface area contributed by atoms with Gasteiger partial charge in [0.2, 0.25) is 0 Å². The van der Waals surface area contributed by atoms with Crippen LogP contribution in [0, 0.1) is 13.8 Å². The fourth-order valence-electron chi connectivity index (χ4n) is 3.52. The first-order valence-electron chi connectivity index (χ1n) is 9.20. The fraction of sp³-hybridized carbons (Fsp3) is 0.174. The van der Waals surface area contributed by atoms with Crippen molar-refractivity contribution in [1.29, 1.82) is 0 Å². The van der Waals surface area contributed by atoms with Gasteiger partial charge in [-0.3, -0.25) is 0 Å². The third-order valence-corrected chi connectivity index (χ3v) is 4.85. The van der Waals surface area contributed by atoms with E-state index in [9.17, 15) is 0 Å². The maximum atomic E-state index is 6.22. The molecule has 5 heteroatoms. The molecule has 2 aromatic carbocycles. The van der Waals surface area contributed by atoms with E-state index in [1.165, 1.54) is 17.5 Å². The van der Waals surface area contributed by atoms with Crippen LogP contribution in [0.3, 0.4) is 0 Å². The third-order valence-electron chi connectivity index (χ3n) is 4.85. The van der Waals surface area contributed by atoms with Crippen molar-refractivity contribution in [2.75, 3.05) is 24.7 Å². The zero-order chi connectivity index (χ0) is 19.8. The molecule has 140 valence electrons. The number of hydrogen-bond donors (Lipinski definition) is 1. The Balaban J connectivity index is 1.97. The van der Waals surface area contributed by atoms with Crippen LogP contribution >= 0.6 is 0 Å². The minimum absolute atomic E-state index is 0.446. The first-order chi connectivity index (χ1) is 13.4. The number of aryl methyl sites for hydroxylation is 2. The average molecular weight is 369 g/mol. The van der Waals surface area contributed by atoms with Gasteiger partial charge in [0, 0.05) is 25.3 Å². The Morgan fingerprint density at radius 1 is 0.821 bits per heavy atom. The molecule has 0 atom stereocenters. The standard InChI is InChI=1S/C23H23N5/c1-14-9-15(2)11-17(10-14)19-12-20(16-5-7-18(8-6-16)28(3)4)27-23-21(19)22(24)25-13-26-23/h5-13H,1-4H3,(H2,24,25,26,27). The molecule has 2 aromatic heterocycles. The van der Waals surface area contributed by atoms with Crippen LogP contribution in [0.2, 0.25) is 0 Å². The second-order valence-corrected chi connectivity index (χ2v) is 7.33. The van der Waals surface area contributed by atoms with Crippen LogP contribution in [0.25, 0.3) is 33.4 Å². The molecule has 2 N–H and O–H groups in total. The lowest BCUT2D eigenvalue weighted by Gasteiger charge is -2.14. The van der Waals surface area contributed by atoms with Crippen LogP contribution in [0.5, 0.6) is 0 Å². The second-order valence-electron chi connectivity index (χ2n) is 7.33. The fourth-order valence-corrected chi connectivity index (χ4v) is 3.52. The number of hydrogen-bond acceptors (Lipinski definition) is 5. The summed E-state index contributed by atoms with van der Waals surface area (Å²) < 4.78 is 0. The largest absolute Gasteiger partial charge is 0.383 e. The molecule has 0 saturated heterocycles. The van der Waals surface area contributed by atoms with E-state index in [1.54, 1.807) is 0 Å². The van der Waals surface area contributed by atoms with Gasteiger partial charge >= 0.3 is 0 Å². The number of nitrogens with two attached hydrogens (primary N) is 1. The molecule has 2 heterocycles. The van der Waals surface area contributed by atoms with E-state index in [0.29, 0.717) is 11.5 Å². The van der Waals surface area contributed by atoms with Crippen molar-refractivity contribution < 1.29 is 0 Å². The van der Waals surface area contributed by atoms with Crippen molar-refractivity contribution in [2.45, 2.75) is 13.8 Å². The Morgan fingerprint density at radius 3 is 2.14 bits per heavy atom. The summed E-state index contributed by atoms with van der Waals surface area (Å²) in [4.78, 5) is 15.4. The summed E-state index contributed by atoms with van der Waals surface area (Å²) in [7, 11) is 4.06. The summed E-state index contributed by atoms with van der Waals surface area (Å²) in [6.07, 6.45) is 1.47. The highest BCUT2D eigenvalue weighted by Gasteiger charge is 2.14. The van der Waals surface area contributed by atoms with Crippen molar-refractivity contribution >= 4 is 22.5 Å². The summed E-state index contributed by atoms with van der Waals surface area (Å²) in [5.41, 5.74) is 14.4. The third kappa shape index (κ3) is 3.27. The van der Waals surface area contributed by atoms with Gasteiger partial charge in [0.05, 0.1) is 11.1 Å². The highest BCUT2D eigenvalue weighted by atomic mass is 15.1. The van der Waals surface area contributed by atoms with Crippen LogP contribution in [0.4, 0.5) is 11.5 Å². The first kappa shape index (κ1) is 17.9. The molecule has 0 fully saturated rings. The molecular weight excluding hydrogens is 346 g/mol. The monoisotopic (exact) mass is 369 g/mol. The molecule has 4 rings (SSSR count). The van der Waals surface area contributed by atoms with Gasteiger partial charge in [0.1, 0.15) is 12.1 Å². The number of nitrogens with zero attached hydrogens (tertiary/aromatic N) is 4. The van der Waals surface area contributed by atoms with Gasteiger partial charge in [-0.25, -0.2) is 15.0 Å². The van der Waals surface area contributed by atoms with Gasteiger partial charge < -0.3 is 10.6 Å². The molecule has 0 aliphatic rings. The Morgan fingerprint density at radius 2 is 1.50 bits per heavy atom. The topological polar surface area (TPSA) is 67.9 Å². The molecule has 0 bridgehead atoms. The van der Waals surface area contributed by atoms with Crippen molar-refractivity contribution in [2.24, 2.45) is 0 Å². The SMILES string of the molecule is Cc1cc(C)cc(-c2cc(-c3ccc(N(C)C)cc3)nc3ncnc(N)c23)c1. The molecule has 0 radical (unpaired) electrons. The Hall–Kier alpha value is -3.47. The smallest absolute Gasteiger partial charge is 0.165 e. The Bertz CT molecular complexity index is 1140. The van der Waals surface area contributed by atoms with E-state index in [1.807, 2.05) is 14.1 Å². The van der Waals surface area contributed by atoms with Gasteiger partial charge in [-0.15, -0.1) is 0 Å². The molecule has 5 nitrogen and oxygen atoms in total. The summed E-state index contributed by atoms with van der Waals surface area (Å²) >= 11 is 0. The predicted molar refractivity (Wildman–Crippen MR) is 116 cm³/mol. The molecule has 0 saturated carbocycles. The number of aromatic nitrogens is 3. The number of fused-ring (bicyclic) bond motifs is 1. The predicted octanol–water partition coefficient (Wildman–Crippen LogP) is 4.62. The summed E-state index contributed by atoms with van der Waals surface area (Å²) in [5.74, 6) is 0.446. The lowest BCUT2D eigenvalue weighted by molar-refractivity contribution is 1.13. The zero-order valence-corrected chi connectivity index (χ0v) is 16.6. The van der Waals surface area contributed by atoms with E-state index in [-0.39, 0.29) is 0 Å². The Labute approximate surface area is 164 Å². The van der Waals surface area contributed by atoms with Crippen LogP contribution in [0.15, 0.2) is 54.9 Å². The van der Waals surface area contributed by atoms with Gasteiger partial charge in [0.15, 0.2) is 5.65 Å². The maximum Gasteiger partial charge on any atom is 0.165 e. The molecule has 0 unspecified atom stereocenters. The molecule has 0 amide bonds. The quantitative estimate of drug-likeness (QED) is 0.570. The van der Waals surface area contributed by atoms with E-state index < -0.39 is 0 Å². The van der Waals surface area contributed by atoms with E-state index in [0.717, 1.165) is 33.5 Å². The molecule has 28 heavy (non-hydrogen) atoms. The van der Waals surface area contributed by atoms with Gasteiger partial charge in [-0.2, -0.15) is 0 Å². The first-order valence-corrected chi connectivity index (χ1v) is 9.20. The number of pyridine rings is 1. The highest BCUT2D eigenvalue weighted by molar-refractivity contribution is 6.01. The van der Waals surface area contributed by atoms with Crippen LogP contribution in [-0.4, -0.2) is 29.0 Å². The van der Waals surface area contributed by atoms with Crippen molar-refractivity contribution in [3.8, 4) is 22.4 Å². The average Bonchev–Trinajstić information content (AvgIpc) is 2.66. The van der Waals surface area contributed by atoms with Crippen LogP contribution in [-0.2, 0) is 0 Å². The molecule has 4 aromatic rings. The van der Waals surface area contributed by atoms with Gasteiger partial charge in [-0.05, 0) is 43.2 Å². The zero-order valence-electron chi connectivity index (χ0n) is 16.6. The maximum absolute atomic E-state index is 6.22. The molecule has 0 aliphatic heterocycles.